The SMILES string of the molecule is CCCCCCCCCCCCCCCCCCCC(=O)OC[C@H](COC(=O)CCCCCCCCC(C)CC)OC(=O)CCCCCCCCCCCCCCCC(C)C. The molecule has 0 aromatic heterocycles. The fourth-order valence-electron chi connectivity index (χ4n) is 8.31. The Bertz CT molecular complexity index is 933. The summed E-state index contributed by atoms with van der Waals surface area (Å²) < 4.78 is 16.8. The molecule has 0 radical (unpaired) electrons. The van der Waals surface area contributed by atoms with Gasteiger partial charge in [-0.05, 0) is 31.1 Å². The van der Waals surface area contributed by atoms with Crippen LogP contribution in [0.5, 0.6) is 0 Å². The van der Waals surface area contributed by atoms with E-state index in [2.05, 4.69) is 34.6 Å². The third-order valence-corrected chi connectivity index (χ3v) is 12.8. The third-order valence-electron chi connectivity index (χ3n) is 12.8. The highest BCUT2D eigenvalue weighted by Gasteiger charge is 2.19. The Morgan fingerprint density at radius 1 is 0.344 bits per heavy atom. The van der Waals surface area contributed by atoms with Gasteiger partial charge in [0.2, 0.25) is 0 Å². The van der Waals surface area contributed by atoms with Crippen LogP contribution in [0.25, 0.3) is 0 Å². The molecule has 0 N–H and O–H groups in total. The van der Waals surface area contributed by atoms with Crippen LogP contribution in [-0.2, 0) is 28.6 Å². The molecular formula is C55H106O6. The van der Waals surface area contributed by atoms with Crippen molar-refractivity contribution in [3.63, 3.8) is 0 Å². The molecule has 6 nitrogen and oxygen atoms in total. The van der Waals surface area contributed by atoms with Gasteiger partial charge in [-0.25, -0.2) is 0 Å². The second-order valence-electron chi connectivity index (χ2n) is 19.6. The van der Waals surface area contributed by atoms with Gasteiger partial charge < -0.3 is 14.2 Å². The van der Waals surface area contributed by atoms with E-state index in [1.165, 1.54) is 193 Å². The molecule has 0 aliphatic carbocycles. The van der Waals surface area contributed by atoms with Crippen molar-refractivity contribution in [2.75, 3.05) is 13.2 Å². The van der Waals surface area contributed by atoms with Crippen LogP contribution in [0.15, 0.2) is 0 Å². The van der Waals surface area contributed by atoms with Gasteiger partial charge in [0.15, 0.2) is 6.10 Å². The van der Waals surface area contributed by atoms with E-state index in [0.717, 1.165) is 69.6 Å². The van der Waals surface area contributed by atoms with E-state index >= 15 is 0 Å². The maximum absolute atomic E-state index is 12.8. The second-order valence-corrected chi connectivity index (χ2v) is 19.6. The number of carbonyl (C=O) groups is 3. The molecule has 0 bridgehead atoms. The number of ether oxygens (including phenoxy) is 3. The molecule has 0 spiro atoms. The summed E-state index contributed by atoms with van der Waals surface area (Å²) >= 11 is 0. The maximum Gasteiger partial charge on any atom is 0.306 e. The molecule has 0 saturated carbocycles. The number of unbranched alkanes of at least 4 members (excludes halogenated alkanes) is 33. The van der Waals surface area contributed by atoms with E-state index in [-0.39, 0.29) is 31.1 Å². The predicted molar refractivity (Wildman–Crippen MR) is 261 cm³/mol. The van der Waals surface area contributed by atoms with Gasteiger partial charge in [0, 0.05) is 19.3 Å². The van der Waals surface area contributed by atoms with Gasteiger partial charge in [0.1, 0.15) is 13.2 Å². The van der Waals surface area contributed by atoms with Gasteiger partial charge in [0.25, 0.3) is 0 Å². The van der Waals surface area contributed by atoms with E-state index in [0.29, 0.717) is 19.3 Å². The summed E-state index contributed by atoms with van der Waals surface area (Å²) in [5.41, 5.74) is 0. The Morgan fingerprint density at radius 3 is 0.934 bits per heavy atom. The molecule has 0 saturated heterocycles. The first-order valence-corrected chi connectivity index (χ1v) is 27.3. The average molecular weight is 863 g/mol. The van der Waals surface area contributed by atoms with E-state index in [1.807, 2.05) is 0 Å². The van der Waals surface area contributed by atoms with Crippen LogP contribution in [0.1, 0.15) is 304 Å². The van der Waals surface area contributed by atoms with Crippen LogP contribution in [0.2, 0.25) is 0 Å². The monoisotopic (exact) mass is 863 g/mol. The summed E-state index contributed by atoms with van der Waals surface area (Å²) in [5, 5.41) is 0. The van der Waals surface area contributed by atoms with Crippen LogP contribution in [0.4, 0.5) is 0 Å². The van der Waals surface area contributed by atoms with Gasteiger partial charge in [0.05, 0.1) is 0 Å². The Kier molecular flexibility index (Phi) is 46.6. The molecule has 0 amide bonds. The molecule has 0 aliphatic heterocycles. The Balaban J connectivity index is 4.27. The minimum absolute atomic E-state index is 0.0639. The fraction of sp³-hybridized carbons (Fsp3) is 0.945. The highest BCUT2D eigenvalue weighted by atomic mass is 16.6. The minimum atomic E-state index is -0.762. The Hall–Kier alpha value is -1.59. The summed E-state index contributed by atoms with van der Waals surface area (Å²) in [7, 11) is 0. The maximum atomic E-state index is 12.8. The van der Waals surface area contributed by atoms with Crippen LogP contribution < -0.4 is 0 Å². The lowest BCUT2D eigenvalue weighted by Crippen LogP contribution is -2.30. The molecule has 0 heterocycles. The predicted octanol–water partition coefficient (Wildman–Crippen LogP) is 17.7. The molecule has 0 aromatic carbocycles. The van der Waals surface area contributed by atoms with E-state index < -0.39 is 6.10 Å². The molecule has 6 heteroatoms. The quantitative estimate of drug-likeness (QED) is 0.0344. The van der Waals surface area contributed by atoms with E-state index in [4.69, 9.17) is 14.2 Å². The van der Waals surface area contributed by atoms with Gasteiger partial charge in [-0.3, -0.25) is 14.4 Å². The third kappa shape index (κ3) is 47.7. The lowest BCUT2D eigenvalue weighted by atomic mass is 10.00. The largest absolute Gasteiger partial charge is 0.462 e. The summed E-state index contributed by atoms with van der Waals surface area (Å²) in [6.45, 7) is 11.4. The number of hydrogen-bond donors (Lipinski definition) is 0. The highest BCUT2D eigenvalue weighted by Crippen LogP contribution is 2.18. The normalized spacial score (nSPS) is 12.5. The van der Waals surface area contributed by atoms with Crippen molar-refractivity contribution in [1.82, 2.24) is 0 Å². The Morgan fingerprint density at radius 2 is 0.623 bits per heavy atom. The lowest BCUT2D eigenvalue weighted by molar-refractivity contribution is -0.167. The summed E-state index contributed by atoms with van der Waals surface area (Å²) in [5.74, 6) is 0.805. The van der Waals surface area contributed by atoms with Crippen molar-refractivity contribution >= 4 is 17.9 Å². The number of esters is 3. The fourth-order valence-corrected chi connectivity index (χ4v) is 8.31. The van der Waals surface area contributed by atoms with Crippen LogP contribution in [-0.4, -0.2) is 37.2 Å². The molecular weight excluding hydrogens is 757 g/mol. The number of carbonyl (C=O) groups excluding carboxylic acids is 3. The standard InChI is InChI=1S/C55H106O6/c1-6-8-9-10-11-12-13-14-15-16-17-20-23-26-29-35-40-45-53(56)59-48-52(49-60-54(57)46-41-36-32-31-34-39-44-51(5)7-2)61-55(58)47-42-37-30-27-24-21-18-19-22-25-28-33-38-43-50(3)4/h50-52H,6-49H2,1-5H3/t51?,52-/m1/s1. The minimum Gasteiger partial charge on any atom is -0.462 e. The smallest absolute Gasteiger partial charge is 0.306 e. The number of hydrogen-bond acceptors (Lipinski definition) is 6. The average Bonchev–Trinajstić information content (AvgIpc) is 3.24. The van der Waals surface area contributed by atoms with Crippen molar-refractivity contribution < 1.29 is 28.6 Å². The van der Waals surface area contributed by atoms with Gasteiger partial charge in [-0.15, -0.1) is 0 Å². The van der Waals surface area contributed by atoms with Crippen molar-refractivity contribution in [2.24, 2.45) is 11.8 Å². The van der Waals surface area contributed by atoms with E-state index in [9.17, 15) is 14.4 Å². The molecule has 362 valence electrons. The number of rotatable bonds is 49. The van der Waals surface area contributed by atoms with Crippen molar-refractivity contribution in [3.8, 4) is 0 Å². The van der Waals surface area contributed by atoms with Crippen molar-refractivity contribution in [1.29, 1.82) is 0 Å². The van der Waals surface area contributed by atoms with Gasteiger partial charge in [-0.1, -0.05) is 266 Å². The van der Waals surface area contributed by atoms with Crippen molar-refractivity contribution in [2.45, 2.75) is 310 Å². The first kappa shape index (κ1) is 59.4. The first-order valence-electron chi connectivity index (χ1n) is 27.3. The lowest BCUT2D eigenvalue weighted by Gasteiger charge is -2.18. The summed E-state index contributed by atoms with van der Waals surface area (Å²) in [4.78, 5) is 38.0. The second kappa shape index (κ2) is 47.9. The highest BCUT2D eigenvalue weighted by molar-refractivity contribution is 5.71. The van der Waals surface area contributed by atoms with Crippen LogP contribution in [0, 0.1) is 11.8 Å². The van der Waals surface area contributed by atoms with E-state index in [1.54, 1.807) is 0 Å². The van der Waals surface area contributed by atoms with Crippen molar-refractivity contribution in [3.05, 3.63) is 0 Å². The molecule has 0 aromatic rings. The molecule has 0 aliphatic rings. The first-order chi connectivity index (χ1) is 29.8. The zero-order chi connectivity index (χ0) is 44.7. The summed E-state index contributed by atoms with van der Waals surface area (Å²) in [6.07, 6.45) is 49.5. The molecule has 1 unspecified atom stereocenters. The molecule has 0 fully saturated rings. The zero-order valence-corrected chi connectivity index (χ0v) is 41.8. The van der Waals surface area contributed by atoms with Crippen LogP contribution >= 0.6 is 0 Å². The molecule has 2 atom stereocenters. The van der Waals surface area contributed by atoms with Gasteiger partial charge in [-0.2, -0.15) is 0 Å². The Labute approximate surface area is 380 Å². The zero-order valence-electron chi connectivity index (χ0n) is 41.8. The molecule has 0 rings (SSSR count). The van der Waals surface area contributed by atoms with Gasteiger partial charge >= 0.3 is 17.9 Å². The summed E-state index contributed by atoms with van der Waals surface area (Å²) in [6, 6.07) is 0. The molecule has 61 heavy (non-hydrogen) atoms. The topological polar surface area (TPSA) is 78.9 Å². The van der Waals surface area contributed by atoms with Crippen LogP contribution in [0.3, 0.4) is 0 Å².